The molecule has 2 aliphatic heterocycles. The van der Waals surface area contributed by atoms with E-state index < -0.39 is 35.4 Å². The summed E-state index contributed by atoms with van der Waals surface area (Å²) in [4.78, 5) is 57.9. The fourth-order valence-corrected chi connectivity index (χ4v) is 11.4. The number of thiazole rings is 1. The Morgan fingerprint density at radius 3 is 2.43 bits per heavy atom. The van der Waals surface area contributed by atoms with Gasteiger partial charge in [0.2, 0.25) is 11.8 Å². The Morgan fingerprint density at radius 1 is 0.961 bits per heavy atom. The first-order valence-electron chi connectivity index (χ1n) is 16.6. The van der Waals surface area contributed by atoms with Crippen LogP contribution in [-0.2, 0) is 20.6 Å². The predicted molar refractivity (Wildman–Crippen MR) is 185 cm³/mol. The molecule has 9 nitrogen and oxygen atoms in total. The highest BCUT2D eigenvalue weighted by Crippen LogP contribution is 2.69. The van der Waals surface area contributed by atoms with E-state index in [4.69, 9.17) is 9.47 Å². The van der Waals surface area contributed by atoms with Gasteiger partial charge in [-0.3, -0.25) is 24.1 Å². The minimum atomic E-state index is -4.63. The minimum absolute atomic E-state index is 0.0752. The molecule has 14 heteroatoms. The van der Waals surface area contributed by atoms with Crippen LogP contribution < -0.4 is 24.6 Å². The van der Waals surface area contributed by atoms with Crippen LogP contribution in [0.5, 0.6) is 11.5 Å². The molecule has 7 atom stereocenters. The lowest BCUT2D eigenvalue weighted by molar-refractivity contribution is -0.137. The molecule has 4 unspecified atom stereocenters. The number of nitrogens with zero attached hydrogens (tertiary/aromatic N) is 1. The third-order valence-corrected chi connectivity index (χ3v) is 13.1. The Morgan fingerprint density at radius 2 is 1.71 bits per heavy atom. The van der Waals surface area contributed by atoms with Gasteiger partial charge in [0, 0.05) is 21.7 Å². The number of carbonyl (C=O) groups is 3. The number of nitrogens with one attached hydrogen (secondary N) is 2. The molecule has 0 spiro atoms. The highest BCUT2D eigenvalue weighted by Gasteiger charge is 2.69. The number of halogens is 3. The third-order valence-electron chi connectivity index (χ3n) is 10.5. The number of imide groups is 1. The summed E-state index contributed by atoms with van der Waals surface area (Å²) in [6.07, 6.45) is -4.00. The number of aromatic nitrogens is 1. The van der Waals surface area contributed by atoms with E-state index in [-0.39, 0.29) is 52.0 Å². The highest BCUT2D eigenvalue weighted by atomic mass is 32.2. The number of fused-ring (bicyclic) bond motifs is 9. The van der Waals surface area contributed by atoms with Crippen LogP contribution in [0.25, 0.3) is 0 Å². The molecule has 2 N–H and O–H groups in total. The summed E-state index contributed by atoms with van der Waals surface area (Å²) < 4.78 is 52.6. The molecule has 4 aromatic rings. The lowest BCUT2D eigenvalue weighted by Gasteiger charge is -2.43. The number of benzene rings is 3. The zero-order chi connectivity index (χ0) is 35.8. The van der Waals surface area contributed by atoms with Crippen molar-refractivity contribution in [2.75, 3.05) is 23.4 Å². The Labute approximate surface area is 298 Å². The van der Waals surface area contributed by atoms with Gasteiger partial charge in [-0.05, 0) is 86.1 Å². The van der Waals surface area contributed by atoms with E-state index in [1.54, 1.807) is 6.07 Å². The maximum Gasteiger partial charge on any atom is 0.416 e. The number of anilines is 2. The van der Waals surface area contributed by atoms with E-state index in [2.05, 4.69) is 10.3 Å². The molecule has 4 aliphatic rings. The first-order chi connectivity index (χ1) is 24.4. The standard InChI is InChI=1S/C37H32F3N3O6S2/c1-3-48-25-13-18(9-12-24(25)49-16-26(44)41-20-10-7-17(2)8-11-20)27-28-22-15-23(31(28)50-33-32(27)51-36(47)42-33)30-29(22)34(45)43(35(30)46)21-6-4-5-19(14-21)37(38,39)40/h4-14,22-23,27-31H,3,15-16H2,1-2H3,(H,41,44)(H,42,47)/t22-,23-,27-,28?,29?,30?,31?/m1/s1. The van der Waals surface area contributed by atoms with Crippen molar-refractivity contribution in [2.24, 2.45) is 29.6 Å². The maximum absolute atomic E-state index is 14.1. The molecular formula is C37H32F3N3O6S2. The molecule has 51 heavy (non-hydrogen) atoms. The van der Waals surface area contributed by atoms with Crippen molar-refractivity contribution in [1.29, 1.82) is 0 Å². The highest BCUT2D eigenvalue weighted by molar-refractivity contribution is 8.00. The second kappa shape index (κ2) is 12.6. The van der Waals surface area contributed by atoms with Gasteiger partial charge >= 0.3 is 11.0 Å². The Balaban J connectivity index is 1.10. The van der Waals surface area contributed by atoms with Crippen LogP contribution in [0, 0.1) is 36.5 Å². The van der Waals surface area contributed by atoms with Gasteiger partial charge in [-0.15, -0.1) is 11.8 Å². The van der Waals surface area contributed by atoms with Crippen LogP contribution in [0.2, 0.25) is 0 Å². The monoisotopic (exact) mass is 735 g/mol. The lowest BCUT2D eigenvalue weighted by Crippen LogP contribution is -2.42. The maximum atomic E-state index is 14.1. The van der Waals surface area contributed by atoms with Gasteiger partial charge in [0.15, 0.2) is 18.1 Å². The molecule has 2 saturated carbocycles. The average Bonchev–Trinajstić information content (AvgIpc) is 3.83. The molecule has 1 saturated heterocycles. The molecular weight excluding hydrogens is 704 g/mol. The number of thioether (sulfide) groups is 1. The van der Waals surface area contributed by atoms with Gasteiger partial charge in [-0.2, -0.15) is 13.2 Å². The van der Waals surface area contributed by atoms with Crippen LogP contribution in [-0.4, -0.2) is 41.2 Å². The average molecular weight is 736 g/mol. The van der Waals surface area contributed by atoms with Gasteiger partial charge in [0.1, 0.15) is 0 Å². The Bertz CT molecular complexity index is 2110. The van der Waals surface area contributed by atoms with Crippen LogP contribution in [0.3, 0.4) is 0 Å². The van der Waals surface area contributed by atoms with E-state index >= 15 is 0 Å². The number of rotatable bonds is 8. The van der Waals surface area contributed by atoms with E-state index in [9.17, 15) is 32.3 Å². The number of aromatic amines is 1. The fraction of sp³-hybridized carbons (Fsp3) is 0.351. The number of alkyl halides is 3. The van der Waals surface area contributed by atoms with Gasteiger partial charge in [0.05, 0.1) is 34.7 Å². The first-order valence-corrected chi connectivity index (χ1v) is 18.3. The van der Waals surface area contributed by atoms with Crippen molar-refractivity contribution in [3.63, 3.8) is 0 Å². The van der Waals surface area contributed by atoms with Crippen LogP contribution in [0.4, 0.5) is 24.5 Å². The third kappa shape index (κ3) is 5.72. The minimum Gasteiger partial charge on any atom is -0.490 e. The van der Waals surface area contributed by atoms with Gasteiger partial charge in [-0.1, -0.05) is 41.2 Å². The Kier molecular flexibility index (Phi) is 8.29. The van der Waals surface area contributed by atoms with Crippen LogP contribution in [0.15, 0.2) is 76.6 Å². The number of hydrogen-bond donors (Lipinski definition) is 2. The molecule has 3 heterocycles. The van der Waals surface area contributed by atoms with E-state index in [1.165, 1.54) is 23.9 Å². The van der Waals surface area contributed by atoms with E-state index in [1.807, 2.05) is 50.2 Å². The number of hydrogen-bond acceptors (Lipinski definition) is 8. The van der Waals surface area contributed by atoms with Crippen molar-refractivity contribution in [1.82, 2.24) is 4.98 Å². The smallest absolute Gasteiger partial charge is 0.416 e. The second-order valence-corrected chi connectivity index (χ2v) is 15.6. The summed E-state index contributed by atoms with van der Waals surface area (Å²) in [6, 6.07) is 17.2. The summed E-state index contributed by atoms with van der Waals surface area (Å²) in [6.45, 7) is 3.85. The fourth-order valence-electron chi connectivity index (χ4n) is 8.55. The normalized spacial score (nSPS) is 26.1. The largest absolute Gasteiger partial charge is 0.490 e. The molecule has 3 aromatic carbocycles. The number of carbonyl (C=O) groups excluding carboxylic acids is 3. The Hall–Kier alpha value is -4.56. The quantitative estimate of drug-likeness (QED) is 0.190. The van der Waals surface area contributed by atoms with Gasteiger partial charge in [0.25, 0.3) is 5.91 Å². The topological polar surface area (TPSA) is 118 Å². The number of amides is 3. The number of ether oxygens (including phenoxy) is 2. The van der Waals surface area contributed by atoms with Crippen molar-refractivity contribution < 1.29 is 37.0 Å². The van der Waals surface area contributed by atoms with Crippen LogP contribution in [0.1, 0.15) is 40.8 Å². The van der Waals surface area contributed by atoms with Gasteiger partial charge in [-0.25, -0.2) is 0 Å². The van der Waals surface area contributed by atoms with E-state index in [0.717, 1.165) is 49.4 Å². The number of H-pyrrole nitrogens is 1. The van der Waals surface area contributed by atoms with Crippen molar-refractivity contribution >= 4 is 52.2 Å². The second-order valence-electron chi connectivity index (χ2n) is 13.4. The predicted octanol–water partition coefficient (Wildman–Crippen LogP) is 6.86. The first kappa shape index (κ1) is 33.6. The molecule has 2 aliphatic carbocycles. The molecule has 3 amide bonds. The SMILES string of the molecule is CCOc1cc([C@H]2c3sc(=O)[nH]c3SC3C2[C@H]2C[C@@H]3C3C(=O)N(c4cccc(C(F)(F)F)c4)C(=O)C32)ccc1OCC(=O)Nc1ccc(C)cc1. The van der Waals surface area contributed by atoms with Crippen molar-refractivity contribution in [2.45, 2.75) is 42.6 Å². The zero-order valence-corrected chi connectivity index (χ0v) is 29.0. The van der Waals surface area contributed by atoms with Gasteiger partial charge < -0.3 is 19.8 Å². The molecule has 2 bridgehead atoms. The molecule has 0 radical (unpaired) electrons. The zero-order valence-electron chi connectivity index (χ0n) is 27.4. The molecule has 3 fully saturated rings. The summed E-state index contributed by atoms with van der Waals surface area (Å²) in [7, 11) is 0. The number of aryl methyl sites for hydroxylation is 1. The summed E-state index contributed by atoms with van der Waals surface area (Å²) in [5.41, 5.74) is 1.54. The summed E-state index contributed by atoms with van der Waals surface area (Å²) in [5.74, 6) is -2.75. The van der Waals surface area contributed by atoms with Crippen LogP contribution >= 0.6 is 23.1 Å². The van der Waals surface area contributed by atoms with Crippen molar-refractivity contribution in [3.8, 4) is 11.5 Å². The molecule has 264 valence electrons. The summed E-state index contributed by atoms with van der Waals surface area (Å²) in [5, 5.41) is 3.42. The molecule has 8 rings (SSSR count). The van der Waals surface area contributed by atoms with E-state index in [0.29, 0.717) is 30.2 Å². The molecule has 1 aromatic heterocycles. The van der Waals surface area contributed by atoms with Crippen molar-refractivity contribution in [3.05, 3.63) is 98.0 Å². The summed E-state index contributed by atoms with van der Waals surface area (Å²) >= 11 is 2.63. The lowest BCUT2D eigenvalue weighted by atomic mass is 9.68.